The molecule has 3 heterocycles. The smallest absolute Gasteiger partial charge is 0.406 e. The molecule has 0 saturated carbocycles. The maximum Gasteiger partial charge on any atom is 0.573 e. The number of carbonyl (C=O) groups excluding carboxylic acids is 2. The second kappa shape index (κ2) is 9.03. The summed E-state index contributed by atoms with van der Waals surface area (Å²) in [5.41, 5.74) is 1.06. The fourth-order valence-corrected chi connectivity index (χ4v) is 3.87. The minimum Gasteiger partial charge on any atom is -0.406 e. The average Bonchev–Trinajstić information content (AvgIpc) is 3.25. The van der Waals surface area contributed by atoms with Gasteiger partial charge in [0, 0.05) is 12.7 Å². The van der Waals surface area contributed by atoms with Gasteiger partial charge in [-0.25, -0.2) is 9.78 Å². The van der Waals surface area contributed by atoms with Crippen LogP contribution in [0.25, 0.3) is 0 Å². The van der Waals surface area contributed by atoms with E-state index in [1.165, 1.54) is 35.4 Å². The first-order chi connectivity index (χ1) is 15.3. The van der Waals surface area contributed by atoms with Crippen LogP contribution in [-0.4, -0.2) is 54.4 Å². The van der Waals surface area contributed by atoms with Gasteiger partial charge >= 0.3 is 12.4 Å². The van der Waals surface area contributed by atoms with Crippen LogP contribution in [0.2, 0.25) is 0 Å². The van der Waals surface area contributed by atoms with E-state index < -0.39 is 18.4 Å². The van der Waals surface area contributed by atoms with Crippen LogP contribution in [0, 0.1) is 0 Å². The maximum atomic E-state index is 13.1. The summed E-state index contributed by atoms with van der Waals surface area (Å²) in [6, 6.07) is 7.72. The number of rotatable bonds is 5. The minimum absolute atomic E-state index is 0.190. The number of benzene rings is 1. The zero-order chi connectivity index (χ0) is 22.7. The highest BCUT2D eigenvalue weighted by Gasteiger charge is 2.32. The second-order valence-corrected chi connectivity index (χ2v) is 7.64. The number of anilines is 2. The number of likely N-dealkylation sites (tertiary alicyclic amines) is 1. The monoisotopic (exact) mass is 449 g/mol. The van der Waals surface area contributed by atoms with Gasteiger partial charge in [-0.05, 0) is 55.8 Å². The molecular formula is C21H22F3N5O3. The molecule has 0 bridgehead atoms. The van der Waals surface area contributed by atoms with Crippen molar-refractivity contribution < 1.29 is 27.5 Å². The summed E-state index contributed by atoms with van der Waals surface area (Å²) in [5, 5.41) is 5.60. The highest BCUT2D eigenvalue weighted by molar-refractivity contribution is 6.08. The largest absolute Gasteiger partial charge is 0.573 e. The Hall–Kier alpha value is -3.34. The van der Waals surface area contributed by atoms with Crippen molar-refractivity contribution in [2.45, 2.75) is 25.2 Å². The molecular weight excluding hydrogens is 427 g/mol. The summed E-state index contributed by atoms with van der Waals surface area (Å²) < 4.78 is 41.4. The van der Waals surface area contributed by atoms with E-state index in [2.05, 4.69) is 25.3 Å². The lowest BCUT2D eigenvalue weighted by Crippen LogP contribution is -2.49. The summed E-state index contributed by atoms with van der Waals surface area (Å²) in [6.07, 6.45) is -1.16. The first-order valence-electron chi connectivity index (χ1n) is 10.2. The van der Waals surface area contributed by atoms with Crippen LogP contribution in [0.1, 0.15) is 24.4 Å². The molecule has 4 rings (SSSR count). The zero-order valence-electron chi connectivity index (χ0n) is 17.1. The number of ether oxygens (including phenoxy) is 1. The van der Waals surface area contributed by atoms with Crippen LogP contribution in [0.5, 0.6) is 5.75 Å². The van der Waals surface area contributed by atoms with E-state index in [4.69, 9.17) is 0 Å². The van der Waals surface area contributed by atoms with Crippen LogP contribution < -0.4 is 20.3 Å². The zero-order valence-corrected chi connectivity index (χ0v) is 17.1. The number of hydrogen-bond acceptors (Lipinski definition) is 5. The molecule has 32 heavy (non-hydrogen) atoms. The van der Waals surface area contributed by atoms with Crippen molar-refractivity contribution in [3.63, 3.8) is 0 Å². The number of halogens is 3. The predicted octanol–water partition coefficient (Wildman–Crippen LogP) is 3.29. The van der Waals surface area contributed by atoms with Gasteiger partial charge in [0.25, 0.3) is 0 Å². The van der Waals surface area contributed by atoms with Crippen molar-refractivity contribution in [1.29, 1.82) is 0 Å². The van der Waals surface area contributed by atoms with Gasteiger partial charge in [0.15, 0.2) is 5.82 Å². The molecule has 1 atom stereocenters. The SMILES string of the molecule is O=C1CN(C(=O)NC(CN2CCCC2)c2ccc(OC(F)(F)F)cc2)c2ncccc2N1. The van der Waals surface area contributed by atoms with Crippen molar-refractivity contribution in [2.75, 3.05) is 36.4 Å². The third-order valence-electron chi connectivity index (χ3n) is 5.32. The third-order valence-corrected chi connectivity index (χ3v) is 5.32. The Labute approximate surface area is 182 Å². The first-order valence-corrected chi connectivity index (χ1v) is 10.2. The number of nitrogens with zero attached hydrogens (tertiary/aromatic N) is 3. The van der Waals surface area contributed by atoms with E-state index in [1.807, 2.05) is 0 Å². The molecule has 1 aromatic carbocycles. The van der Waals surface area contributed by atoms with Crippen LogP contribution in [0.15, 0.2) is 42.6 Å². The highest BCUT2D eigenvalue weighted by atomic mass is 19.4. The summed E-state index contributed by atoms with van der Waals surface area (Å²) in [7, 11) is 0. The predicted molar refractivity (Wildman–Crippen MR) is 110 cm³/mol. The van der Waals surface area contributed by atoms with Gasteiger partial charge < -0.3 is 20.3 Å². The Morgan fingerprint density at radius 2 is 1.91 bits per heavy atom. The van der Waals surface area contributed by atoms with E-state index >= 15 is 0 Å². The Balaban J connectivity index is 1.54. The van der Waals surface area contributed by atoms with Crippen LogP contribution in [0.4, 0.5) is 29.5 Å². The molecule has 0 radical (unpaired) electrons. The lowest BCUT2D eigenvalue weighted by atomic mass is 10.1. The number of hydrogen-bond donors (Lipinski definition) is 2. The van der Waals surface area contributed by atoms with Gasteiger partial charge in [0.2, 0.25) is 5.91 Å². The molecule has 2 aliphatic heterocycles. The molecule has 2 N–H and O–H groups in total. The summed E-state index contributed by atoms with van der Waals surface area (Å²) in [6.45, 7) is 2.04. The standard InChI is InChI=1S/C21H22F3N5O3/c22-21(23,24)32-15-7-5-14(6-8-15)17(12-28-10-1-2-11-28)27-20(31)29-13-18(30)26-16-4-3-9-25-19(16)29/h3-9,17H,1-2,10-13H2,(H,26,30)(H,27,31). The molecule has 1 saturated heterocycles. The molecule has 2 aromatic rings. The molecule has 1 unspecified atom stereocenters. The molecule has 8 nitrogen and oxygen atoms in total. The second-order valence-electron chi connectivity index (χ2n) is 7.64. The van der Waals surface area contributed by atoms with Crippen LogP contribution in [-0.2, 0) is 4.79 Å². The minimum atomic E-state index is -4.78. The van der Waals surface area contributed by atoms with Gasteiger partial charge in [-0.2, -0.15) is 0 Å². The fraction of sp³-hybridized carbons (Fsp3) is 0.381. The Bertz CT molecular complexity index is 977. The third kappa shape index (κ3) is 5.28. The summed E-state index contributed by atoms with van der Waals surface area (Å²) >= 11 is 0. The average molecular weight is 449 g/mol. The van der Waals surface area contributed by atoms with Gasteiger partial charge in [-0.15, -0.1) is 13.2 Å². The van der Waals surface area contributed by atoms with Gasteiger partial charge in [-0.3, -0.25) is 9.69 Å². The lowest BCUT2D eigenvalue weighted by molar-refractivity contribution is -0.274. The van der Waals surface area contributed by atoms with Gasteiger partial charge in [0.1, 0.15) is 12.3 Å². The topological polar surface area (TPSA) is 86.8 Å². The molecule has 0 aliphatic carbocycles. The number of aromatic nitrogens is 1. The van der Waals surface area contributed by atoms with Crippen molar-refractivity contribution in [1.82, 2.24) is 15.2 Å². The quantitative estimate of drug-likeness (QED) is 0.732. The number of amides is 3. The van der Waals surface area contributed by atoms with Crippen LogP contribution in [0.3, 0.4) is 0 Å². The number of nitrogens with one attached hydrogen (secondary N) is 2. The summed E-state index contributed by atoms with van der Waals surface area (Å²) in [5.74, 6) is -0.345. The van der Waals surface area contributed by atoms with Crippen molar-refractivity contribution in [3.8, 4) is 5.75 Å². The van der Waals surface area contributed by atoms with E-state index in [0.717, 1.165) is 25.9 Å². The maximum absolute atomic E-state index is 13.1. The summed E-state index contributed by atoms with van der Waals surface area (Å²) in [4.78, 5) is 32.8. The number of urea groups is 1. The normalized spacial score (nSPS) is 17.5. The molecule has 11 heteroatoms. The van der Waals surface area contributed by atoms with Crippen molar-refractivity contribution in [2.24, 2.45) is 0 Å². The molecule has 1 aromatic heterocycles. The number of fused-ring (bicyclic) bond motifs is 1. The molecule has 2 aliphatic rings. The Morgan fingerprint density at radius 1 is 1.19 bits per heavy atom. The van der Waals surface area contributed by atoms with E-state index in [9.17, 15) is 22.8 Å². The molecule has 0 spiro atoms. The van der Waals surface area contributed by atoms with Gasteiger partial charge in [0.05, 0.1) is 11.7 Å². The Kier molecular flexibility index (Phi) is 6.17. The Morgan fingerprint density at radius 3 is 2.59 bits per heavy atom. The van der Waals surface area contributed by atoms with E-state index in [-0.39, 0.29) is 18.2 Å². The number of pyridine rings is 1. The molecule has 1 fully saturated rings. The van der Waals surface area contributed by atoms with Crippen molar-refractivity contribution in [3.05, 3.63) is 48.2 Å². The highest BCUT2D eigenvalue weighted by Crippen LogP contribution is 2.28. The molecule has 3 amide bonds. The number of alkyl halides is 3. The van der Waals surface area contributed by atoms with Crippen LogP contribution >= 0.6 is 0 Å². The fourth-order valence-electron chi connectivity index (χ4n) is 3.87. The molecule has 170 valence electrons. The van der Waals surface area contributed by atoms with Gasteiger partial charge in [-0.1, -0.05) is 12.1 Å². The number of carbonyl (C=O) groups is 2. The van der Waals surface area contributed by atoms with E-state index in [0.29, 0.717) is 23.6 Å². The van der Waals surface area contributed by atoms with Crippen molar-refractivity contribution >= 4 is 23.4 Å². The lowest BCUT2D eigenvalue weighted by Gasteiger charge is -2.31. The van der Waals surface area contributed by atoms with E-state index in [1.54, 1.807) is 12.1 Å². The first kappa shape index (κ1) is 21.9.